The Labute approximate surface area is 166 Å². The number of halogens is 2. The topological polar surface area (TPSA) is 91.4 Å². The lowest BCUT2D eigenvalue weighted by atomic mass is 10.2. The highest BCUT2D eigenvalue weighted by Crippen LogP contribution is 2.29. The van der Waals surface area contributed by atoms with Crippen molar-refractivity contribution in [3.8, 4) is 28.6 Å². The van der Waals surface area contributed by atoms with Crippen LogP contribution in [0, 0.1) is 0 Å². The van der Waals surface area contributed by atoms with Crippen LogP contribution < -0.4 is 20.5 Å². The number of carbonyl (C=O) groups is 1. The van der Waals surface area contributed by atoms with E-state index in [-0.39, 0.29) is 18.8 Å². The van der Waals surface area contributed by atoms with Crippen LogP contribution in [0.25, 0.3) is 17.1 Å². The van der Waals surface area contributed by atoms with Crippen molar-refractivity contribution in [3.05, 3.63) is 60.4 Å². The second-order valence-corrected chi connectivity index (χ2v) is 6.02. The minimum atomic E-state index is -2.69. The first-order valence-corrected chi connectivity index (χ1v) is 8.76. The lowest BCUT2D eigenvalue weighted by Crippen LogP contribution is -2.32. The van der Waals surface area contributed by atoms with Crippen LogP contribution in [-0.2, 0) is 0 Å². The lowest BCUT2D eigenvalue weighted by Gasteiger charge is -2.10. The molecule has 3 N–H and O–H groups in total. The molecule has 0 aliphatic carbocycles. The molecule has 0 spiro atoms. The molecule has 1 aromatic heterocycles. The molecule has 152 valence electrons. The highest BCUT2D eigenvalue weighted by atomic mass is 19.3. The van der Waals surface area contributed by atoms with Gasteiger partial charge in [-0.15, -0.1) is 0 Å². The third kappa shape index (κ3) is 5.01. The van der Waals surface area contributed by atoms with E-state index in [1.54, 1.807) is 60.2 Å². The molecule has 0 aliphatic rings. The Bertz CT molecular complexity index is 957. The molecule has 0 aliphatic heterocycles. The van der Waals surface area contributed by atoms with Crippen LogP contribution >= 0.6 is 0 Å². The Morgan fingerprint density at radius 1 is 1.14 bits per heavy atom. The number of alkyl halides is 2. The quantitative estimate of drug-likeness (QED) is 0.564. The van der Waals surface area contributed by atoms with Gasteiger partial charge in [-0.3, -0.25) is 4.57 Å². The minimum Gasteiger partial charge on any atom is -0.497 e. The molecule has 7 nitrogen and oxygen atoms in total. The van der Waals surface area contributed by atoms with Crippen molar-refractivity contribution in [2.75, 3.05) is 20.3 Å². The number of imidazole rings is 1. The van der Waals surface area contributed by atoms with Crippen LogP contribution in [0.3, 0.4) is 0 Å². The highest BCUT2D eigenvalue weighted by Gasteiger charge is 2.18. The Kier molecular flexibility index (Phi) is 6.28. The number of nitrogens with two attached hydrogens (primary N) is 1. The normalized spacial score (nSPS) is 10.8. The monoisotopic (exact) mass is 402 g/mol. The summed E-state index contributed by atoms with van der Waals surface area (Å²) in [5.74, 6) is 1.62. The number of carbonyl (C=O) groups excluding carboxylic acids is 1. The van der Waals surface area contributed by atoms with Gasteiger partial charge in [0.15, 0.2) is 0 Å². The molecule has 1 heterocycles. The molecule has 0 unspecified atom stereocenters. The number of ether oxygens (including phenoxy) is 2. The molecule has 0 radical (unpaired) electrons. The summed E-state index contributed by atoms with van der Waals surface area (Å²) in [5.41, 5.74) is 6.00. The second-order valence-electron chi connectivity index (χ2n) is 6.02. The molecule has 9 heteroatoms. The third-order valence-corrected chi connectivity index (χ3v) is 4.08. The molecule has 29 heavy (non-hydrogen) atoms. The van der Waals surface area contributed by atoms with E-state index < -0.39 is 12.5 Å². The number of hydrogen-bond donors (Lipinski definition) is 2. The Hall–Kier alpha value is -3.62. The minimum absolute atomic E-state index is 0.250. The molecule has 0 fully saturated rings. The third-order valence-electron chi connectivity index (χ3n) is 4.08. The van der Waals surface area contributed by atoms with E-state index in [0.717, 1.165) is 0 Å². The average molecular weight is 402 g/mol. The number of methoxy groups -OCH3 is 1. The van der Waals surface area contributed by atoms with Crippen LogP contribution in [0.2, 0.25) is 0 Å². The maximum atomic E-state index is 13.2. The van der Waals surface area contributed by atoms with Gasteiger partial charge in [0.2, 0.25) is 0 Å². The van der Waals surface area contributed by atoms with Gasteiger partial charge in [-0.05, 0) is 48.5 Å². The molecule has 2 aromatic carbocycles. The first-order chi connectivity index (χ1) is 14.0. The van der Waals surface area contributed by atoms with E-state index in [9.17, 15) is 13.6 Å². The van der Waals surface area contributed by atoms with Crippen LogP contribution in [0.1, 0.15) is 12.1 Å². The Morgan fingerprint density at radius 2 is 1.79 bits per heavy atom. The summed E-state index contributed by atoms with van der Waals surface area (Å²) >= 11 is 0. The van der Waals surface area contributed by atoms with Gasteiger partial charge in [0.25, 0.3) is 6.43 Å². The number of urea groups is 1. The van der Waals surface area contributed by atoms with Gasteiger partial charge in [-0.2, -0.15) is 0 Å². The molecule has 0 atom stereocenters. The fourth-order valence-electron chi connectivity index (χ4n) is 2.69. The summed E-state index contributed by atoms with van der Waals surface area (Å²) in [6.45, 7) is 0.526. The second kappa shape index (κ2) is 9.05. The molecule has 2 amide bonds. The van der Waals surface area contributed by atoms with Gasteiger partial charge < -0.3 is 20.5 Å². The fourth-order valence-corrected chi connectivity index (χ4v) is 2.69. The Balaban J connectivity index is 1.84. The number of rotatable bonds is 8. The van der Waals surface area contributed by atoms with E-state index in [0.29, 0.717) is 28.6 Å². The standard InChI is InChI=1S/C20H20F2N4O3/c1-28-15-6-2-13(3-7-15)19-25-17(18(21)22)12-26(19)14-4-8-16(9-5-14)29-11-10-24-20(23)27/h2-9,12,18H,10-11H2,1H3,(H3,23,24,27). The largest absolute Gasteiger partial charge is 0.497 e. The van der Waals surface area contributed by atoms with Gasteiger partial charge in [0, 0.05) is 17.4 Å². The maximum Gasteiger partial charge on any atom is 0.312 e. The predicted molar refractivity (Wildman–Crippen MR) is 104 cm³/mol. The SMILES string of the molecule is COc1ccc(-c2nc(C(F)F)cn2-c2ccc(OCCNC(N)=O)cc2)cc1. The summed E-state index contributed by atoms with van der Waals surface area (Å²) in [7, 11) is 1.55. The zero-order valence-electron chi connectivity index (χ0n) is 15.6. The van der Waals surface area contributed by atoms with Crippen molar-refractivity contribution in [2.24, 2.45) is 5.73 Å². The van der Waals surface area contributed by atoms with Crippen molar-refractivity contribution in [3.63, 3.8) is 0 Å². The summed E-state index contributed by atoms with van der Waals surface area (Å²) < 4.78 is 38.7. The van der Waals surface area contributed by atoms with E-state index in [4.69, 9.17) is 15.2 Å². The van der Waals surface area contributed by atoms with Crippen molar-refractivity contribution in [2.45, 2.75) is 6.43 Å². The number of primary amides is 1. The average Bonchev–Trinajstić information content (AvgIpc) is 3.17. The molecular formula is C20H20F2N4O3. The molecule has 3 aromatic rings. The van der Waals surface area contributed by atoms with Gasteiger partial charge in [0.05, 0.1) is 13.7 Å². The van der Waals surface area contributed by atoms with Crippen molar-refractivity contribution >= 4 is 6.03 Å². The summed E-state index contributed by atoms with van der Waals surface area (Å²) in [4.78, 5) is 14.7. The van der Waals surface area contributed by atoms with Gasteiger partial charge in [-0.25, -0.2) is 18.6 Å². The number of amides is 2. The van der Waals surface area contributed by atoms with Crippen molar-refractivity contribution in [1.29, 1.82) is 0 Å². The van der Waals surface area contributed by atoms with Crippen molar-refractivity contribution in [1.82, 2.24) is 14.9 Å². The van der Waals surface area contributed by atoms with Crippen LogP contribution in [-0.4, -0.2) is 35.8 Å². The summed E-state index contributed by atoms with van der Waals surface area (Å²) in [6, 6.07) is 13.3. The maximum absolute atomic E-state index is 13.2. The zero-order valence-corrected chi connectivity index (χ0v) is 15.6. The number of benzene rings is 2. The zero-order chi connectivity index (χ0) is 20.8. The molecule has 0 bridgehead atoms. The molecule has 3 rings (SSSR count). The number of aromatic nitrogens is 2. The lowest BCUT2D eigenvalue weighted by molar-refractivity contribution is 0.146. The molecular weight excluding hydrogens is 382 g/mol. The number of nitrogens with zero attached hydrogens (tertiary/aromatic N) is 2. The van der Waals surface area contributed by atoms with Gasteiger partial charge in [0.1, 0.15) is 29.6 Å². The summed E-state index contributed by atoms with van der Waals surface area (Å²) in [5, 5.41) is 2.42. The predicted octanol–water partition coefficient (Wildman–Crippen LogP) is 3.53. The Morgan fingerprint density at radius 3 is 2.38 bits per heavy atom. The van der Waals surface area contributed by atoms with Gasteiger partial charge in [-0.1, -0.05) is 0 Å². The van der Waals surface area contributed by atoms with E-state index >= 15 is 0 Å². The molecule has 0 saturated heterocycles. The van der Waals surface area contributed by atoms with E-state index in [1.165, 1.54) is 6.20 Å². The van der Waals surface area contributed by atoms with Crippen LogP contribution in [0.5, 0.6) is 11.5 Å². The fraction of sp³-hybridized carbons (Fsp3) is 0.200. The number of hydrogen-bond acceptors (Lipinski definition) is 4. The summed E-state index contributed by atoms with van der Waals surface area (Å²) in [6.07, 6.45) is -1.37. The smallest absolute Gasteiger partial charge is 0.312 e. The van der Waals surface area contributed by atoms with Crippen molar-refractivity contribution < 1.29 is 23.0 Å². The van der Waals surface area contributed by atoms with Crippen LogP contribution in [0.4, 0.5) is 13.6 Å². The first kappa shape index (κ1) is 20.1. The van der Waals surface area contributed by atoms with E-state index in [1.807, 2.05) is 0 Å². The number of nitrogens with one attached hydrogen (secondary N) is 1. The van der Waals surface area contributed by atoms with Crippen LogP contribution in [0.15, 0.2) is 54.7 Å². The highest BCUT2D eigenvalue weighted by molar-refractivity contribution is 5.71. The first-order valence-electron chi connectivity index (χ1n) is 8.76. The molecule has 0 saturated carbocycles. The van der Waals surface area contributed by atoms with Gasteiger partial charge >= 0.3 is 6.03 Å². The van der Waals surface area contributed by atoms with E-state index in [2.05, 4.69) is 10.3 Å².